The molecule has 0 radical (unpaired) electrons. The minimum Gasteiger partial charge on any atom is -0.396 e. The first kappa shape index (κ1) is 16.7. The first-order valence-electron chi connectivity index (χ1n) is 6.71. The van der Waals surface area contributed by atoms with Crippen LogP contribution in [0.25, 0.3) is 0 Å². The average Bonchev–Trinajstić information content (AvgIpc) is 2.91. The fourth-order valence-electron chi connectivity index (χ4n) is 1.76. The number of aliphatic hydroxyl groups excluding tert-OH is 1. The third-order valence-corrected chi connectivity index (χ3v) is 3.93. The minimum atomic E-state index is -0.607. The molecule has 0 fully saturated rings. The normalized spacial score (nSPS) is 13.8. The van der Waals surface area contributed by atoms with Crippen molar-refractivity contribution >= 4 is 23.2 Å². The van der Waals surface area contributed by atoms with Gasteiger partial charge in [0.25, 0.3) is 5.91 Å². The van der Waals surface area contributed by atoms with E-state index in [9.17, 15) is 9.59 Å². The molecule has 2 amide bonds. The van der Waals surface area contributed by atoms with Gasteiger partial charge in [0, 0.05) is 12.6 Å². The molecule has 0 aliphatic heterocycles. The van der Waals surface area contributed by atoms with Gasteiger partial charge in [0.1, 0.15) is 6.04 Å². The summed E-state index contributed by atoms with van der Waals surface area (Å²) in [5.74, 6) is -0.251. The Morgan fingerprint density at radius 3 is 2.50 bits per heavy atom. The second kappa shape index (κ2) is 8.01. The van der Waals surface area contributed by atoms with E-state index in [0.29, 0.717) is 11.3 Å². The van der Waals surface area contributed by atoms with Gasteiger partial charge in [0.05, 0.1) is 4.88 Å². The molecule has 3 N–H and O–H groups in total. The number of hydrogen-bond donors (Lipinski definition) is 3. The summed E-state index contributed by atoms with van der Waals surface area (Å²) < 4.78 is 0. The van der Waals surface area contributed by atoms with Gasteiger partial charge in [-0.3, -0.25) is 9.59 Å². The zero-order valence-corrected chi connectivity index (χ0v) is 12.9. The smallest absolute Gasteiger partial charge is 0.261 e. The van der Waals surface area contributed by atoms with Crippen LogP contribution in [0.2, 0.25) is 0 Å². The van der Waals surface area contributed by atoms with Crippen molar-refractivity contribution in [2.45, 2.75) is 39.3 Å². The van der Waals surface area contributed by atoms with E-state index < -0.39 is 6.04 Å². The fourth-order valence-corrected chi connectivity index (χ4v) is 2.39. The van der Waals surface area contributed by atoms with Crippen LogP contribution in [0, 0.1) is 5.92 Å². The minimum absolute atomic E-state index is 0.0268. The number of hydrogen-bond acceptors (Lipinski definition) is 4. The largest absolute Gasteiger partial charge is 0.396 e. The average molecular weight is 298 g/mol. The zero-order valence-electron chi connectivity index (χ0n) is 12.1. The SMILES string of the molecule is CC(NC(=O)c1cccs1)C(=O)NC(CCO)C(C)C. The molecule has 0 saturated heterocycles. The first-order chi connectivity index (χ1) is 9.45. The molecular weight excluding hydrogens is 276 g/mol. The van der Waals surface area contributed by atoms with Crippen molar-refractivity contribution < 1.29 is 14.7 Å². The molecule has 1 heterocycles. The molecule has 0 saturated carbocycles. The molecule has 1 rings (SSSR count). The summed E-state index contributed by atoms with van der Waals surface area (Å²) in [7, 11) is 0. The van der Waals surface area contributed by atoms with Gasteiger partial charge in [-0.25, -0.2) is 0 Å². The Kier molecular flexibility index (Phi) is 6.67. The summed E-state index contributed by atoms with van der Waals surface area (Å²) in [6, 6.07) is 2.81. The predicted molar refractivity (Wildman–Crippen MR) is 79.7 cm³/mol. The lowest BCUT2D eigenvalue weighted by Gasteiger charge is -2.23. The van der Waals surface area contributed by atoms with Crippen molar-refractivity contribution in [3.05, 3.63) is 22.4 Å². The topological polar surface area (TPSA) is 78.4 Å². The van der Waals surface area contributed by atoms with E-state index in [1.165, 1.54) is 11.3 Å². The van der Waals surface area contributed by atoms with Gasteiger partial charge in [0.2, 0.25) is 5.91 Å². The Morgan fingerprint density at radius 1 is 1.30 bits per heavy atom. The Labute approximate surface area is 123 Å². The second-order valence-electron chi connectivity index (χ2n) is 5.04. The van der Waals surface area contributed by atoms with Crippen LogP contribution in [0.15, 0.2) is 17.5 Å². The molecule has 0 bridgehead atoms. The third-order valence-electron chi connectivity index (χ3n) is 3.06. The van der Waals surface area contributed by atoms with Gasteiger partial charge in [-0.05, 0) is 30.7 Å². The quantitative estimate of drug-likeness (QED) is 0.712. The maximum Gasteiger partial charge on any atom is 0.261 e. The van der Waals surface area contributed by atoms with Crippen LogP contribution < -0.4 is 10.6 Å². The molecule has 2 unspecified atom stereocenters. The van der Waals surface area contributed by atoms with Crippen LogP contribution in [-0.4, -0.2) is 35.6 Å². The summed E-state index contributed by atoms with van der Waals surface area (Å²) in [5, 5.41) is 16.3. The van der Waals surface area contributed by atoms with Gasteiger partial charge in [0.15, 0.2) is 0 Å². The van der Waals surface area contributed by atoms with E-state index in [1.807, 2.05) is 19.2 Å². The molecule has 6 heteroatoms. The number of carbonyl (C=O) groups excluding carboxylic acids is 2. The highest BCUT2D eigenvalue weighted by molar-refractivity contribution is 7.12. The van der Waals surface area contributed by atoms with Gasteiger partial charge < -0.3 is 15.7 Å². The number of thiophene rings is 1. The first-order valence-corrected chi connectivity index (χ1v) is 7.59. The summed E-state index contributed by atoms with van der Waals surface area (Å²) in [4.78, 5) is 24.5. The van der Waals surface area contributed by atoms with E-state index in [-0.39, 0.29) is 30.4 Å². The van der Waals surface area contributed by atoms with Crippen molar-refractivity contribution in [1.29, 1.82) is 0 Å². The molecule has 5 nitrogen and oxygen atoms in total. The van der Waals surface area contributed by atoms with E-state index in [0.717, 1.165) is 0 Å². The van der Waals surface area contributed by atoms with Crippen LogP contribution >= 0.6 is 11.3 Å². The molecule has 0 spiro atoms. The molecule has 112 valence electrons. The lowest BCUT2D eigenvalue weighted by molar-refractivity contribution is -0.123. The van der Waals surface area contributed by atoms with Gasteiger partial charge in [-0.2, -0.15) is 0 Å². The Hall–Kier alpha value is -1.40. The molecule has 0 aliphatic rings. The number of carbonyl (C=O) groups is 2. The Morgan fingerprint density at radius 2 is 2.00 bits per heavy atom. The maximum absolute atomic E-state index is 12.0. The number of amides is 2. The van der Waals surface area contributed by atoms with Crippen LogP contribution in [-0.2, 0) is 4.79 Å². The van der Waals surface area contributed by atoms with E-state index in [4.69, 9.17) is 5.11 Å². The van der Waals surface area contributed by atoms with Gasteiger partial charge in [-0.15, -0.1) is 11.3 Å². The molecule has 2 atom stereocenters. The predicted octanol–water partition coefficient (Wildman–Crippen LogP) is 1.39. The van der Waals surface area contributed by atoms with Crippen LogP contribution in [0.3, 0.4) is 0 Å². The Balaban J connectivity index is 2.52. The highest BCUT2D eigenvalue weighted by atomic mass is 32.1. The standard InChI is InChI=1S/C14H22N2O3S/c1-9(2)11(6-7-17)16-13(18)10(3)15-14(19)12-5-4-8-20-12/h4-5,8-11,17H,6-7H2,1-3H3,(H,15,19)(H,16,18). The molecule has 1 aromatic rings. The van der Waals surface area contributed by atoms with Crippen LogP contribution in [0.1, 0.15) is 36.9 Å². The van der Waals surface area contributed by atoms with Crippen molar-refractivity contribution in [1.82, 2.24) is 10.6 Å². The number of nitrogens with one attached hydrogen (secondary N) is 2. The van der Waals surface area contributed by atoms with Crippen LogP contribution in [0.5, 0.6) is 0 Å². The van der Waals surface area contributed by atoms with E-state index >= 15 is 0 Å². The molecular formula is C14H22N2O3S. The van der Waals surface area contributed by atoms with Crippen LogP contribution in [0.4, 0.5) is 0 Å². The highest BCUT2D eigenvalue weighted by Gasteiger charge is 2.21. The monoisotopic (exact) mass is 298 g/mol. The zero-order chi connectivity index (χ0) is 15.1. The second-order valence-corrected chi connectivity index (χ2v) is 5.99. The lowest BCUT2D eigenvalue weighted by Crippen LogP contribution is -2.49. The van der Waals surface area contributed by atoms with E-state index in [2.05, 4.69) is 10.6 Å². The van der Waals surface area contributed by atoms with Crippen molar-refractivity contribution in [3.63, 3.8) is 0 Å². The van der Waals surface area contributed by atoms with Gasteiger partial charge >= 0.3 is 0 Å². The van der Waals surface area contributed by atoms with Crippen molar-refractivity contribution in [2.24, 2.45) is 5.92 Å². The van der Waals surface area contributed by atoms with E-state index in [1.54, 1.807) is 19.1 Å². The maximum atomic E-state index is 12.0. The van der Waals surface area contributed by atoms with Crippen molar-refractivity contribution in [2.75, 3.05) is 6.61 Å². The fraction of sp³-hybridized carbons (Fsp3) is 0.571. The molecule has 20 heavy (non-hydrogen) atoms. The highest BCUT2D eigenvalue weighted by Crippen LogP contribution is 2.09. The summed E-state index contributed by atoms with van der Waals surface area (Å²) >= 11 is 1.33. The number of aliphatic hydroxyl groups is 1. The molecule has 0 aromatic carbocycles. The Bertz CT molecular complexity index is 432. The van der Waals surface area contributed by atoms with Crippen molar-refractivity contribution in [3.8, 4) is 0 Å². The summed E-state index contributed by atoms with van der Waals surface area (Å²) in [6.45, 7) is 5.64. The summed E-state index contributed by atoms with van der Waals surface area (Å²) in [5.41, 5.74) is 0. The number of rotatable bonds is 7. The summed E-state index contributed by atoms with van der Waals surface area (Å²) in [6.07, 6.45) is 0.509. The lowest BCUT2D eigenvalue weighted by atomic mass is 10.0. The molecule has 1 aromatic heterocycles. The van der Waals surface area contributed by atoms with Gasteiger partial charge in [-0.1, -0.05) is 19.9 Å². The molecule has 0 aliphatic carbocycles. The third kappa shape index (κ3) is 4.94.